The van der Waals surface area contributed by atoms with Gasteiger partial charge in [-0.15, -0.1) is 0 Å². The lowest BCUT2D eigenvalue weighted by Crippen LogP contribution is -1.87. The molecule has 0 atom stereocenters. The normalized spacial score (nSPS) is 10.8. The van der Waals surface area contributed by atoms with E-state index in [0.29, 0.717) is 0 Å². The maximum Gasteiger partial charge on any atom is 0.108 e. The summed E-state index contributed by atoms with van der Waals surface area (Å²) in [6.45, 7) is 0. The van der Waals surface area contributed by atoms with Crippen molar-refractivity contribution < 1.29 is 0 Å². The Balaban J connectivity index is 2.47. The van der Waals surface area contributed by atoms with Crippen LogP contribution < -0.4 is 0 Å². The molecule has 3 heteroatoms. The fourth-order valence-electron chi connectivity index (χ4n) is 1.23. The van der Waals surface area contributed by atoms with Crippen LogP contribution in [0.15, 0.2) is 24.3 Å². The van der Waals surface area contributed by atoms with E-state index >= 15 is 0 Å². The lowest BCUT2D eigenvalue weighted by atomic mass is 10.3. The van der Waals surface area contributed by atoms with Crippen molar-refractivity contribution in [1.82, 2.24) is 9.97 Å². The second kappa shape index (κ2) is 3.19. The van der Waals surface area contributed by atoms with Gasteiger partial charge in [-0.25, -0.2) is 4.98 Å². The van der Waals surface area contributed by atoms with E-state index in [2.05, 4.69) is 22.6 Å². The largest absolute Gasteiger partial charge is 0.342 e. The average molecular weight is 178 g/mol. The van der Waals surface area contributed by atoms with Gasteiger partial charge in [0.15, 0.2) is 0 Å². The predicted octanol–water partition coefficient (Wildman–Crippen LogP) is 2.04. The molecular weight excluding hydrogens is 168 g/mol. The van der Waals surface area contributed by atoms with E-state index < -0.39 is 0 Å². The molecule has 0 saturated carbocycles. The molecule has 1 N–H and O–H groups in total. The zero-order chi connectivity index (χ0) is 8.39. The topological polar surface area (TPSA) is 28.7 Å². The van der Waals surface area contributed by atoms with Crippen LogP contribution in [0.1, 0.15) is 5.82 Å². The van der Waals surface area contributed by atoms with Crippen molar-refractivity contribution in [3.05, 3.63) is 30.1 Å². The van der Waals surface area contributed by atoms with E-state index in [-0.39, 0.29) is 0 Å². The minimum atomic E-state index is 0.833. The van der Waals surface area contributed by atoms with Crippen molar-refractivity contribution in [2.45, 2.75) is 6.42 Å². The van der Waals surface area contributed by atoms with Crippen molar-refractivity contribution in [3.63, 3.8) is 0 Å². The van der Waals surface area contributed by atoms with Gasteiger partial charge in [0.25, 0.3) is 0 Å². The molecule has 2 nitrogen and oxygen atoms in total. The summed E-state index contributed by atoms with van der Waals surface area (Å²) < 4.78 is 0. The van der Waals surface area contributed by atoms with E-state index in [1.807, 2.05) is 24.3 Å². The van der Waals surface area contributed by atoms with Crippen LogP contribution in [0, 0.1) is 0 Å². The monoisotopic (exact) mass is 178 g/mol. The lowest BCUT2D eigenvalue weighted by molar-refractivity contribution is 1.01. The molecular formula is C9H10N2S. The number of aryl methyl sites for hydroxylation is 1. The van der Waals surface area contributed by atoms with Crippen LogP contribution in [0.2, 0.25) is 0 Å². The second-order valence-corrected chi connectivity index (χ2v) is 3.12. The van der Waals surface area contributed by atoms with Crippen LogP contribution in [0.4, 0.5) is 0 Å². The Hall–Kier alpha value is -0.960. The number of benzene rings is 1. The summed E-state index contributed by atoms with van der Waals surface area (Å²) in [6, 6.07) is 8.04. The summed E-state index contributed by atoms with van der Waals surface area (Å²) in [6.07, 6.45) is 0.901. The quantitative estimate of drug-likeness (QED) is 0.677. The number of hydrogen-bond donors (Lipinski definition) is 2. The van der Waals surface area contributed by atoms with Crippen molar-refractivity contribution in [1.29, 1.82) is 0 Å². The number of hydrogen-bond acceptors (Lipinski definition) is 2. The number of H-pyrrole nitrogens is 1. The van der Waals surface area contributed by atoms with Gasteiger partial charge in [0, 0.05) is 6.42 Å². The highest BCUT2D eigenvalue weighted by atomic mass is 32.1. The van der Waals surface area contributed by atoms with Crippen molar-refractivity contribution in [2.75, 3.05) is 5.75 Å². The van der Waals surface area contributed by atoms with Gasteiger partial charge >= 0.3 is 0 Å². The van der Waals surface area contributed by atoms with E-state index in [4.69, 9.17) is 0 Å². The minimum Gasteiger partial charge on any atom is -0.342 e. The van der Waals surface area contributed by atoms with E-state index in [1.54, 1.807) is 0 Å². The minimum absolute atomic E-state index is 0.833. The van der Waals surface area contributed by atoms with Gasteiger partial charge in [0.2, 0.25) is 0 Å². The number of fused-ring (bicyclic) bond motifs is 1. The number of aromatic nitrogens is 2. The number of para-hydroxylation sites is 2. The SMILES string of the molecule is SCCc1nc2ccccc2[nH]1. The summed E-state index contributed by atoms with van der Waals surface area (Å²) in [5, 5.41) is 0. The predicted molar refractivity (Wildman–Crippen MR) is 53.7 cm³/mol. The average Bonchev–Trinajstić information content (AvgIpc) is 2.47. The number of nitrogens with zero attached hydrogens (tertiary/aromatic N) is 1. The second-order valence-electron chi connectivity index (χ2n) is 2.67. The third kappa shape index (κ3) is 1.32. The summed E-state index contributed by atoms with van der Waals surface area (Å²) >= 11 is 4.15. The molecule has 1 aromatic carbocycles. The van der Waals surface area contributed by atoms with Crippen LogP contribution in [0.25, 0.3) is 11.0 Å². The summed E-state index contributed by atoms with van der Waals surface area (Å²) in [5.74, 6) is 1.85. The fourth-order valence-corrected chi connectivity index (χ4v) is 1.44. The molecule has 0 amide bonds. The van der Waals surface area contributed by atoms with Crippen LogP contribution in [-0.2, 0) is 6.42 Å². The van der Waals surface area contributed by atoms with Crippen LogP contribution in [0.3, 0.4) is 0 Å². The number of nitrogens with one attached hydrogen (secondary N) is 1. The molecule has 0 aliphatic carbocycles. The van der Waals surface area contributed by atoms with E-state index in [9.17, 15) is 0 Å². The van der Waals surface area contributed by atoms with Crippen LogP contribution in [-0.4, -0.2) is 15.7 Å². The van der Waals surface area contributed by atoms with Crippen LogP contribution >= 0.6 is 12.6 Å². The van der Waals surface area contributed by atoms with Crippen molar-refractivity contribution in [2.24, 2.45) is 0 Å². The molecule has 62 valence electrons. The fraction of sp³-hybridized carbons (Fsp3) is 0.222. The van der Waals surface area contributed by atoms with Gasteiger partial charge < -0.3 is 4.98 Å². The highest BCUT2D eigenvalue weighted by Gasteiger charge is 1.99. The van der Waals surface area contributed by atoms with Gasteiger partial charge in [0.1, 0.15) is 5.82 Å². The van der Waals surface area contributed by atoms with E-state index in [0.717, 1.165) is 29.0 Å². The number of aromatic amines is 1. The molecule has 0 aliphatic heterocycles. The Bertz CT molecular complexity index is 348. The first-order chi connectivity index (χ1) is 5.90. The molecule has 0 aliphatic rings. The first-order valence-electron chi connectivity index (χ1n) is 3.94. The third-order valence-electron chi connectivity index (χ3n) is 1.79. The molecule has 2 rings (SSSR count). The van der Waals surface area contributed by atoms with Crippen LogP contribution in [0.5, 0.6) is 0 Å². The molecule has 0 saturated heterocycles. The smallest absolute Gasteiger partial charge is 0.108 e. The lowest BCUT2D eigenvalue weighted by Gasteiger charge is -1.86. The standard InChI is InChI=1S/C9H10N2S/c12-6-5-9-10-7-3-1-2-4-8(7)11-9/h1-4,12H,5-6H2,(H,10,11). The van der Waals surface area contributed by atoms with Crippen molar-refractivity contribution >= 4 is 23.7 Å². The van der Waals surface area contributed by atoms with Gasteiger partial charge in [-0.05, 0) is 17.9 Å². The molecule has 12 heavy (non-hydrogen) atoms. The number of thiol groups is 1. The zero-order valence-electron chi connectivity index (χ0n) is 6.62. The molecule has 1 aromatic heterocycles. The molecule has 0 fully saturated rings. The summed E-state index contributed by atoms with van der Waals surface area (Å²) in [4.78, 5) is 7.63. The van der Waals surface area contributed by atoms with Gasteiger partial charge in [-0.1, -0.05) is 12.1 Å². The Morgan fingerprint density at radius 2 is 2.17 bits per heavy atom. The van der Waals surface area contributed by atoms with Gasteiger partial charge in [-0.3, -0.25) is 0 Å². The summed E-state index contributed by atoms with van der Waals surface area (Å²) in [5.41, 5.74) is 2.14. The Kier molecular flexibility index (Phi) is 2.04. The van der Waals surface area contributed by atoms with Crippen molar-refractivity contribution in [3.8, 4) is 0 Å². The Morgan fingerprint density at radius 3 is 2.92 bits per heavy atom. The zero-order valence-corrected chi connectivity index (χ0v) is 7.51. The number of imidazole rings is 1. The van der Waals surface area contributed by atoms with Gasteiger partial charge in [0.05, 0.1) is 11.0 Å². The summed E-state index contributed by atoms with van der Waals surface area (Å²) in [7, 11) is 0. The van der Waals surface area contributed by atoms with E-state index in [1.165, 1.54) is 0 Å². The third-order valence-corrected chi connectivity index (χ3v) is 2.01. The maximum absolute atomic E-state index is 4.40. The molecule has 0 spiro atoms. The highest BCUT2D eigenvalue weighted by Crippen LogP contribution is 2.10. The molecule has 0 unspecified atom stereocenters. The number of rotatable bonds is 2. The molecule has 2 aromatic rings. The first kappa shape index (κ1) is 7.68. The molecule has 0 bridgehead atoms. The molecule has 1 heterocycles. The highest BCUT2D eigenvalue weighted by molar-refractivity contribution is 7.80. The van der Waals surface area contributed by atoms with Gasteiger partial charge in [-0.2, -0.15) is 12.6 Å². The maximum atomic E-state index is 4.40. The Morgan fingerprint density at radius 1 is 1.33 bits per heavy atom. The molecule has 0 radical (unpaired) electrons. The first-order valence-corrected chi connectivity index (χ1v) is 4.58. The Labute approximate surface area is 76.4 Å².